The molecule has 1 saturated heterocycles. The van der Waals surface area contributed by atoms with Gasteiger partial charge in [-0.1, -0.05) is 12.1 Å². The zero-order valence-corrected chi connectivity index (χ0v) is 15.5. The summed E-state index contributed by atoms with van der Waals surface area (Å²) in [7, 11) is -3.49. The zero-order valence-electron chi connectivity index (χ0n) is 13.8. The van der Waals surface area contributed by atoms with Gasteiger partial charge in [-0.25, -0.2) is 8.42 Å². The molecule has 1 unspecified atom stereocenters. The second-order valence-corrected chi connectivity index (χ2v) is 7.70. The molecule has 0 bridgehead atoms. The van der Waals surface area contributed by atoms with Gasteiger partial charge in [0.2, 0.25) is 5.91 Å². The minimum Gasteiger partial charge on any atom is -0.352 e. The van der Waals surface area contributed by atoms with Gasteiger partial charge in [0.25, 0.3) is 10.0 Å². The van der Waals surface area contributed by atoms with Crippen LogP contribution in [0.25, 0.3) is 0 Å². The van der Waals surface area contributed by atoms with Gasteiger partial charge in [-0.2, -0.15) is 0 Å². The van der Waals surface area contributed by atoms with Gasteiger partial charge in [0.15, 0.2) is 0 Å². The third-order valence-corrected chi connectivity index (χ3v) is 5.55. The fourth-order valence-electron chi connectivity index (χ4n) is 2.96. The van der Waals surface area contributed by atoms with Crippen LogP contribution in [0.3, 0.4) is 0 Å². The molecule has 138 valence electrons. The minimum atomic E-state index is -3.49. The van der Waals surface area contributed by atoms with Crippen LogP contribution in [0.4, 0.5) is 0 Å². The Morgan fingerprint density at radius 3 is 2.88 bits per heavy atom. The molecule has 2 aliphatic heterocycles. The summed E-state index contributed by atoms with van der Waals surface area (Å²) < 4.78 is 26.4. The van der Waals surface area contributed by atoms with Crippen molar-refractivity contribution in [3.8, 4) is 0 Å². The molecule has 2 aliphatic rings. The van der Waals surface area contributed by atoms with Crippen LogP contribution in [0.5, 0.6) is 0 Å². The first-order valence-electron chi connectivity index (χ1n) is 8.23. The Morgan fingerprint density at radius 1 is 1.32 bits per heavy atom. The Balaban J connectivity index is 0.00000225. The van der Waals surface area contributed by atoms with E-state index in [0.717, 1.165) is 25.9 Å². The number of rotatable bonds is 5. The van der Waals surface area contributed by atoms with E-state index in [9.17, 15) is 13.2 Å². The standard InChI is InChI=1S/C16H22N4O3S.ClH/c21-15(19-12-5-3-9-17-11-12)8-4-10-18-16-13-6-1-2-7-14(13)24(22,23)20-16;/h1-2,6-7,12,17H,3-5,8-11H2,(H,18,20)(H,19,21);1H. The van der Waals surface area contributed by atoms with Crippen molar-refractivity contribution in [3.05, 3.63) is 29.8 Å². The van der Waals surface area contributed by atoms with Crippen LogP contribution in [0, 0.1) is 0 Å². The van der Waals surface area contributed by atoms with Crippen LogP contribution in [0.15, 0.2) is 34.2 Å². The number of hydrogen-bond acceptors (Lipinski definition) is 5. The number of piperidine rings is 1. The average Bonchev–Trinajstić information content (AvgIpc) is 2.84. The summed E-state index contributed by atoms with van der Waals surface area (Å²) >= 11 is 0. The lowest BCUT2D eigenvalue weighted by Crippen LogP contribution is -2.45. The fraction of sp³-hybridized carbons (Fsp3) is 0.500. The van der Waals surface area contributed by atoms with Gasteiger partial charge in [-0.15, -0.1) is 12.4 Å². The van der Waals surface area contributed by atoms with E-state index in [1.165, 1.54) is 0 Å². The Labute approximate surface area is 154 Å². The lowest BCUT2D eigenvalue weighted by atomic mass is 10.1. The average molecular weight is 387 g/mol. The molecule has 0 radical (unpaired) electrons. The molecule has 1 fully saturated rings. The third kappa shape index (κ3) is 4.93. The van der Waals surface area contributed by atoms with Crippen molar-refractivity contribution in [2.75, 3.05) is 19.6 Å². The van der Waals surface area contributed by atoms with Gasteiger partial charge < -0.3 is 10.6 Å². The second-order valence-electron chi connectivity index (χ2n) is 6.05. The van der Waals surface area contributed by atoms with Crippen molar-refractivity contribution in [3.63, 3.8) is 0 Å². The van der Waals surface area contributed by atoms with Gasteiger partial charge >= 0.3 is 0 Å². The van der Waals surface area contributed by atoms with Crippen molar-refractivity contribution >= 4 is 34.2 Å². The molecule has 0 spiro atoms. The molecule has 25 heavy (non-hydrogen) atoms. The Kier molecular flexibility index (Phi) is 6.80. The van der Waals surface area contributed by atoms with Crippen LogP contribution in [-0.2, 0) is 14.8 Å². The van der Waals surface area contributed by atoms with Crippen LogP contribution in [-0.4, -0.2) is 45.8 Å². The number of amidine groups is 1. The van der Waals surface area contributed by atoms with E-state index in [0.29, 0.717) is 30.8 Å². The zero-order chi connectivity index (χ0) is 17.0. The van der Waals surface area contributed by atoms with E-state index in [4.69, 9.17) is 0 Å². The summed E-state index contributed by atoms with van der Waals surface area (Å²) in [6, 6.07) is 6.97. The highest BCUT2D eigenvalue weighted by atomic mass is 35.5. The fourth-order valence-corrected chi connectivity index (χ4v) is 4.21. The van der Waals surface area contributed by atoms with E-state index in [-0.39, 0.29) is 29.3 Å². The second kappa shape index (κ2) is 8.64. The number of halogens is 1. The van der Waals surface area contributed by atoms with Crippen molar-refractivity contribution in [1.82, 2.24) is 15.4 Å². The maximum Gasteiger partial charge on any atom is 0.263 e. The summed E-state index contributed by atoms with van der Waals surface area (Å²) in [6.07, 6.45) is 3.07. The molecule has 3 rings (SSSR count). The van der Waals surface area contributed by atoms with E-state index in [2.05, 4.69) is 20.3 Å². The number of aliphatic imine (C=N–C) groups is 1. The Morgan fingerprint density at radius 2 is 2.12 bits per heavy atom. The van der Waals surface area contributed by atoms with Gasteiger partial charge in [0.05, 0.1) is 4.90 Å². The number of carbonyl (C=O) groups is 1. The first kappa shape index (κ1) is 19.7. The van der Waals surface area contributed by atoms with Crippen LogP contribution in [0.1, 0.15) is 31.2 Å². The molecule has 0 saturated carbocycles. The number of carbonyl (C=O) groups excluding carboxylic acids is 1. The highest BCUT2D eigenvalue weighted by molar-refractivity contribution is 7.90. The van der Waals surface area contributed by atoms with E-state index in [1.54, 1.807) is 24.3 Å². The summed E-state index contributed by atoms with van der Waals surface area (Å²) in [6.45, 7) is 2.25. The van der Waals surface area contributed by atoms with E-state index in [1.807, 2.05) is 0 Å². The highest BCUT2D eigenvalue weighted by Crippen LogP contribution is 2.22. The van der Waals surface area contributed by atoms with Crippen LogP contribution < -0.4 is 15.4 Å². The van der Waals surface area contributed by atoms with Crippen molar-refractivity contribution in [2.24, 2.45) is 4.99 Å². The van der Waals surface area contributed by atoms with Crippen molar-refractivity contribution in [2.45, 2.75) is 36.6 Å². The number of benzene rings is 1. The first-order valence-corrected chi connectivity index (χ1v) is 9.71. The maximum absolute atomic E-state index is 12.0. The molecule has 0 aliphatic carbocycles. The van der Waals surface area contributed by atoms with Gasteiger partial charge in [0.1, 0.15) is 5.84 Å². The largest absolute Gasteiger partial charge is 0.352 e. The molecule has 9 heteroatoms. The summed E-state index contributed by atoms with van der Waals surface area (Å²) in [5.74, 6) is 0.388. The molecular weight excluding hydrogens is 364 g/mol. The monoisotopic (exact) mass is 386 g/mol. The lowest BCUT2D eigenvalue weighted by Gasteiger charge is -2.23. The molecule has 7 nitrogen and oxygen atoms in total. The number of sulfonamides is 1. The van der Waals surface area contributed by atoms with Crippen molar-refractivity contribution < 1.29 is 13.2 Å². The molecule has 1 aromatic rings. The summed E-state index contributed by atoms with van der Waals surface area (Å²) in [4.78, 5) is 16.5. The van der Waals surface area contributed by atoms with E-state index >= 15 is 0 Å². The van der Waals surface area contributed by atoms with Crippen LogP contribution >= 0.6 is 12.4 Å². The normalized spacial score (nSPS) is 22.6. The van der Waals surface area contributed by atoms with Gasteiger partial charge in [-0.05, 0) is 37.9 Å². The Bertz CT molecular complexity index is 746. The van der Waals surface area contributed by atoms with Crippen molar-refractivity contribution in [1.29, 1.82) is 0 Å². The third-order valence-electron chi connectivity index (χ3n) is 4.16. The topological polar surface area (TPSA) is 99.7 Å². The van der Waals surface area contributed by atoms with Gasteiger partial charge in [-0.3, -0.25) is 14.5 Å². The maximum atomic E-state index is 12.0. The van der Waals surface area contributed by atoms with Gasteiger partial charge in [0, 0.05) is 31.1 Å². The molecule has 3 N–H and O–H groups in total. The number of hydrogen-bond donors (Lipinski definition) is 3. The van der Waals surface area contributed by atoms with E-state index < -0.39 is 10.0 Å². The highest BCUT2D eigenvalue weighted by Gasteiger charge is 2.29. The predicted octanol–water partition coefficient (Wildman–Crippen LogP) is 0.795. The number of amides is 1. The summed E-state index contributed by atoms with van der Waals surface area (Å²) in [5.41, 5.74) is 0.593. The quantitative estimate of drug-likeness (QED) is 0.651. The Hall–Kier alpha value is -1.64. The molecule has 1 atom stereocenters. The molecule has 0 aromatic heterocycles. The molecule has 1 aromatic carbocycles. The predicted molar refractivity (Wildman–Crippen MR) is 98.7 cm³/mol. The number of fused-ring (bicyclic) bond motifs is 1. The van der Waals surface area contributed by atoms with Crippen LogP contribution in [0.2, 0.25) is 0 Å². The first-order chi connectivity index (χ1) is 11.6. The summed E-state index contributed by atoms with van der Waals surface area (Å²) in [5, 5.41) is 6.27. The molecular formula is C16H23ClN4O3S. The molecule has 1 amide bonds. The minimum absolute atomic E-state index is 0. The SMILES string of the molecule is Cl.O=C(CCCN=C1NS(=O)(=O)c2ccccc21)NC1CCCNC1. The number of nitrogens with one attached hydrogen (secondary N) is 3. The smallest absolute Gasteiger partial charge is 0.263 e. The molecule has 2 heterocycles. The number of nitrogens with zero attached hydrogens (tertiary/aromatic N) is 1. The lowest BCUT2D eigenvalue weighted by molar-refractivity contribution is -0.121.